The zero-order valence-electron chi connectivity index (χ0n) is 10.3. The van der Waals surface area contributed by atoms with Crippen LogP contribution in [0.1, 0.15) is 27.6 Å². The number of aromatic nitrogens is 1. The van der Waals surface area contributed by atoms with Crippen LogP contribution in [0.5, 0.6) is 0 Å². The second kappa shape index (κ2) is 4.87. The van der Waals surface area contributed by atoms with Crippen molar-refractivity contribution in [2.75, 3.05) is 5.32 Å². The van der Waals surface area contributed by atoms with Crippen molar-refractivity contribution in [2.24, 2.45) is 7.05 Å². The van der Waals surface area contributed by atoms with Crippen molar-refractivity contribution in [2.45, 2.75) is 6.92 Å². The zero-order valence-corrected chi connectivity index (χ0v) is 10.3. The van der Waals surface area contributed by atoms with Crippen molar-refractivity contribution in [3.63, 3.8) is 0 Å². The average Bonchev–Trinajstić information content (AvgIpc) is 2.76. The van der Waals surface area contributed by atoms with Crippen molar-refractivity contribution in [3.8, 4) is 0 Å². The van der Waals surface area contributed by atoms with Crippen LogP contribution in [0.4, 0.5) is 5.69 Å². The molecule has 92 valence electrons. The molecule has 0 aliphatic rings. The summed E-state index contributed by atoms with van der Waals surface area (Å²) in [4.78, 5) is 23.0. The van der Waals surface area contributed by atoms with Crippen molar-refractivity contribution < 1.29 is 9.59 Å². The van der Waals surface area contributed by atoms with Gasteiger partial charge in [-0.15, -0.1) is 0 Å². The Morgan fingerprint density at radius 3 is 2.22 bits per heavy atom. The van der Waals surface area contributed by atoms with E-state index in [1.807, 2.05) is 17.8 Å². The standard InChI is InChI=1S/C14H14N2O2/c1-10(17)11-3-5-13(6-4-11)15-14(18)12-7-8-16(2)9-12/h3-9H,1-2H3,(H,15,18). The van der Waals surface area contributed by atoms with Crippen LogP contribution in [0, 0.1) is 0 Å². The molecule has 4 nitrogen and oxygen atoms in total. The molecule has 18 heavy (non-hydrogen) atoms. The van der Waals surface area contributed by atoms with Gasteiger partial charge in [0.05, 0.1) is 5.56 Å². The fourth-order valence-electron chi connectivity index (χ4n) is 1.63. The number of benzene rings is 1. The number of aryl methyl sites for hydroxylation is 1. The predicted octanol–water partition coefficient (Wildman–Crippen LogP) is 2.48. The molecule has 0 atom stereocenters. The molecule has 1 aromatic carbocycles. The van der Waals surface area contributed by atoms with Gasteiger partial charge in [0.15, 0.2) is 5.78 Å². The Bertz CT molecular complexity index is 582. The molecule has 0 fully saturated rings. The maximum absolute atomic E-state index is 11.9. The number of Topliss-reactive ketones (excluding diaryl/α,β-unsaturated/α-hetero) is 1. The lowest BCUT2D eigenvalue weighted by molar-refractivity contribution is 0.101. The van der Waals surface area contributed by atoms with Gasteiger partial charge in [-0.3, -0.25) is 9.59 Å². The van der Waals surface area contributed by atoms with Gasteiger partial charge in [0.1, 0.15) is 0 Å². The van der Waals surface area contributed by atoms with E-state index in [0.29, 0.717) is 16.8 Å². The van der Waals surface area contributed by atoms with Crippen molar-refractivity contribution in [1.82, 2.24) is 4.57 Å². The minimum Gasteiger partial charge on any atom is -0.356 e. The Kier molecular flexibility index (Phi) is 3.28. The van der Waals surface area contributed by atoms with Crippen molar-refractivity contribution in [3.05, 3.63) is 53.9 Å². The van der Waals surface area contributed by atoms with E-state index < -0.39 is 0 Å². The summed E-state index contributed by atoms with van der Waals surface area (Å²) < 4.78 is 1.81. The Balaban J connectivity index is 2.10. The first kappa shape index (κ1) is 12.1. The number of amides is 1. The van der Waals surface area contributed by atoms with Gasteiger partial charge in [0.25, 0.3) is 5.91 Å². The SMILES string of the molecule is CC(=O)c1ccc(NC(=O)c2ccn(C)c2)cc1. The summed E-state index contributed by atoms with van der Waals surface area (Å²) in [6.45, 7) is 1.51. The first-order valence-electron chi connectivity index (χ1n) is 5.60. The number of nitrogens with one attached hydrogen (secondary N) is 1. The molecule has 2 rings (SSSR count). The van der Waals surface area contributed by atoms with Crippen LogP contribution in [-0.4, -0.2) is 16.3 Å². The van der Waals surface area contributed by atoms with E-state index in [9.17, 15) is 9.59 Å². The molecule has 0 bridgehead atoms. The van der Waals surface area contributed by atoms with Gasteiger partial charge in [-0.1, -0.05) is 0 Å². The van der Waals surface area contributed by atoms with Crippen LogP contribution in [0.15, 0.2) is 42.7 Å². The minimum absolute atomic E-state index is 0.0101. The lowest BCUT2D eigenvalue weighted by atomic mass is 10.1. The molecule has 1 N–H and O–H groups in total. The molecule has 0 unspecified atom stereocenters. The van der Waals surface area contributed by atoms with Crippen molar-refractivity contribution >= 4 is 17.4 Å². The van der Waals surface area contributed by atoms with Gasteiger partial charge in [-0.2, -0.15) is 0 Å². The number of hydrogen-bond acceptors (Lipinski definition) is 2. The molecule has 2 aromatic rings. The van der Waals surface area contributed by atoms with Gasteiger partial charge < -0.3 is 9.88 Å². The third kappa shape index (κ3) is 2.66. The molecule has 0 spiro atoms. The molecule has 0 radical (unpaired) electrons. The summed E-state index contributed by atoms with van der Waals surface area (Å²) in [7, 11) is 1.86. The molecule has 0 aliphatic carbocycles. The zero-order chi connectivity index (χ0) is 13.1. The third-order valence-electron chi connectivity index (χ3n) is 2.64. The predicted molar refractivity (Wildman–Crippen MR) is 69.8 cm³/mol. The van der Waals surface area contributed by atoms with E-state index in [-0.39, 0.29) is 11.7 Å². The van der Waals surface area contributed by atoms with Crippen molar-refractivity contribution in [1.29, 1.82) is 0 Å². The molecule has 4 heteroatoms. The van der Waals surface area contributed by atoms with Gasteiger partial charge >= 0.3 is 0 Å². The number of carbonyl (C=O) groups excluding carboxylic acids is 2. The molecule has 1 amide bonds. The molecule has 1 aromatic heterocycles. The van der Waals surface area contributed by atoms with E-state index in [2.05, 4.69) is 5.32 Å². The van der Waals surface area contributed by atoms with E-state index in [0.717, 1.165) is 0 Å². The Labute approximate surface area is 105 Å². The summed E-state index contributed by atoms with van der Waals surface area (Å²) in [5.74, 6) is -0.151. The smallest absolute Gasteiger partial charge is 0.257 e. The highest BCUT2D eigenvalue weighted by atomic mass is 16.1. The summed E-state index contributed by atoms with van der Waals surface area (Å²) in [5.41, 5.74) is 1.91. The normalized spacial score (nSPS) is 10.1. The monoisotopic (exact) mass is 242 g/mol. The van der Waals surface area contributed by atoms with Crippen LogP contribution < -0.4 is 5.32 Å². The Hall–Kier alpha value is -2.36. The first-order chi connectivity index (χ1) is 8.56. The van der Waals surface area contributed by atoms with Crippen LogP contribution in [-0.2, 0) is 7.05 Å². The second-order valence-corrected chi connectivity index (χ2v) is 4.15. The molecule has 0 aliphatic heterocycles. The second-order valence-electron chi connectivity index (χ2n) is 4.15. The fourth-order valence-corrected chi connectivity index (χ4v) is 1.63. The molecule has 0 saturated heterocycles. The summed E-state index contributed by atoms with van der Waals surface area (Å²) >= 11 is 0. The van der Waals surface area contributed by atoms with Crippen LogP contribution in [0.3, 0.4) is 0 Å². The van der Waals surface area contributed by atoms with E-state index >= 15 is 0 Å². The van der Waals surface area contributed by atoms with Crippen LogP contribution in [0.25, 0.3) is 0 Å². The summed E-state index contributed by atoms with van der Waals surface area (Å²) in [6, 6.07) is 8.58. The topological polar surface area (TPSA) is 51.1 Å². The number of hydrogen-bond donors (Lipinski definition) is 1. The first-order valence-corrected chi connectivity index (χ1v) is 5.60. The largest absolute Gasteiger partial charge is 0.356 e. The molecular formula is C14H14N2O2. The lowest BCUT2D eigenvalue weighted by Crippen LogP contribution is -2.11. The Morgan fingerprint density at radius 1 is 1.06 bits per heavy atom. The molecule has 0 saturated carbocycles. The maximum atomic E-state index is 11.9. The lowest BCUT2D eigenvalue weighted by Gasteiger charge is -2.04. The maximum Gasteiger partial charge on any atom is 0.257 e. The third-order valence-corrected chi connectivity index (χ3v) is 2.64. The molecule has 1 heterocycles. The number of rotatable bonds is 3. The highest BCUT2D eigenvalue weighted by Crippen LogP contribution is 2.12. The summed E-state index contributed by atoms with van der Waals surface area (Å²) in [6.07, 6.45) is 3.56. The number of carbonyl (C=O) groups is 2. The van der Waals surface area contributed by atoms with Gasteiger partial charge in [-0.25, -0.2) is 0 Å². The van der Waals surface area contributed by atoms with E-state index in [1.165, 1.54) is 6.92 Å². The van der Waals surface area contributed by atoms with Gasteiger partial charge in [0.2, 0.25) is 0 Å². The number of anilines is 1. The van der Waals surface area contributed by atoms with E-state index in [1.54, 1.807) is 36.5 Å². The minimum atomic E-state index is -0.161. The average molecular weight is 242 g/mol. The van der Waals surface area contributed by atoms with Gasteiger partial charge in [0, 0.05) is 30.7 Å². The Morgan fingerprint density at radius 2 is 1.72 bits per heavy atom. The molecular weight excluding hydrogens is 228 g/mol. The quantitative estimate of drug-likeness (QED) is 0.841. The number of ketones is 1. The summed E-state index contributed by atoms with van der Waals surface area (Å²) in [5, 5.41) is 2.77. The van der Waals surface area contributed by atoms with Crippen LogP contribution in [0.2, 0.25) is 0 Å². The fraction of sp³-hybridized carbons (Fsp3) is 0.143. The highest BCUT2D eigenvalue weighted by Gasteiger charge is 2.07. The number of nitrogens with zero attached hydrogens (tertiary/aromatic N) is 1. The highest BCUT2D eigenvalue weighted by molar-refractivity contribution is 6.04. The van der Waals surface area contributed by atoms with Crippen LogP contribution >= 0.6 is 0 Å². The van der Waals surface area contributed by atoms with Gasteiger partial charge in [-0.05, 0) is 37.3 Å². The van der Waals surface area contributed by atoms with E-state index in [4.69, 9.17) is 0 Å².